The molecule has 1 aliphatic heterocycles. The number of rotatable bonds is 7. The van der Waals surface area contributed by atoms with E-state index in [1.165, 1.54) is 35.2 Å². The molecule has 3 aliphatic carbocycles. The smallest absolute Gasteiger partial charge is 0.347 e. The predicted molar refractivity (Wildman–Crippen MR) is 128 cm³/mol. The van der Waals surface area contributed by atoms with Crippen molar-refractivity contribution < 1.29 is 35.6 Å². The van der Waals surface area contributed by atoms with Gasteiger partial charge >= 0.3 is 6.18 Å². The van der Waals surface area contributed by atoms with Crippen molar-refractivity contribution >= 4 is 21.7 Å². The number of fused-ring (bicyclic) bond motifs is 1. The third-order valence-electron chi connectivity index (χ3n) is 8.06. The van der Waals surface area contributed by atoms with Crippen LogP contribution in [0.1, 0.15) is 66.1 Å². The molecule has 1 heterocycles. The lowest BCUT2D eigenvalue weighted by atomic mass is 9.99. The second-order valence-electron chi connectivity index (χ2n) is 10.9. The van der Waals surface area contributed by atoms with E-state index < -0.39 is 56.5 Å². The number of halogens is 4. The fraction of sp³-hybridized carbons (Fsp3) is 0.481. The number of hydrogen-bond donors (Lipinski definition) is 1. The maximum Gasteiger partial charge on any atom is 0.419 e. The van der Waals surface area contributed by atoms with Gasteiger partial charge in [0.25, 0.3) is 5.91 Å². The molecule has 0 aromatic heterocycles. The fourth-order valence-corrected chi connectivity index (χ4v) is 7.32. The van der Waals surface area contributed by atoms with E-state index in [1.54, 1.807) is 0 Å². The van der Waals surface area contributed by atoms with E-state index in [-0.39, 0.29) is 33.9 Å². The van der Waals surface area contributed by atoms with Gasteiger partial charge < -0.3 is 10.2 Å². The Morgan fingerprint density at radius 3 is 2.37 bits per heavy atom. The first-order chi connectivity index (χ1) is 17.9. The van der Waals surface area contributed by atoms with Crippen LogP contribution in [-0.4, -0.2) is 42.5 Å². The topological polar surface area (TPSA) is 83.6 Å². The molecule has 1 saturated heterocycles. The van der Waals surface area contributed by atoms with Crippen LogP contribution in [0.5, 0.6) is 0 Å². The number of nitrogens with one attached hydrogen (secondary N) is 1. The molecule has 1 N–H and O–H groups in total. The van der Waals surface area contributed by atoms with Crippen LogP contribution < -0.4 is 5.32 Å². The van der Waals surface area contributed by atoms with E-state index in [4.69, 9.17) is 0 Å². The number of nitrogens with zero attached hydrogens (tertiary/aromatic N) is 1. The third-order valence-corrected chi connectivity index (χ3v) is 10.3. The number of amides is 2. The largest absolute Gasteiger partial charge is 0.419 e. The van der Waals surface area contributed by atoms with Gasteiger partial charge in [0, 0.05) is 11.6 Å². The molecule has 6 nitrogen and oxygen atoms in total. The highest BCUT2D eigenvalue weighted by molar-refractivity contribution is 7.92. The zero-order valence-electron chi connectivity index (χ0n) is 20.2. The highest BCUT2D eigenvalue weighted by Gasteiger charge is 2.56. The van der Waals surface area contributed by atoms with E-state index in [1.807, 2.05) is 0 Å². The lowest BCUT2D eigenvalue weighted by molar-refractivity contribution is -0.140. The quantitative estimate of drug-likeness (QED) is 0.509. The Labute approximate surface area is 217 Å². The monoisotopic (exact) mass is 550 g/mol. The molecular weight excluding hydrogens is 524 g/mol. The molecular formula is C27H26F4N2O4S. The Kier molecular flexibility index (Phi) is 5.86. The summed E-state index contributed by atoms with van der Waals surface area (Å²) in [5.41, 5.74) is -0.910. The van der Waals surface area contributed by atoms with Gasteiger partial charge in [-0.1, -0.05) is 12.1 Å². The number of carbonyl (C=O) groups is 2. The Bertz CT molecular complexity index is 1420. The summed E-state index contributed by atoms with van der Waals surface area (Å²) >= 11 is 0. The van der Waals surface area contributed by atoms with E-state index in [0.717, 1.165) is 25.3 Å². The van der Waals surface area contributed by atoms with Gasteiger partial charge in [-0.05, 0) is 86.3 Å². The van der Waals surface area contributed by atoms with Gasteiger partial charge in [0.05, 0.1) is 21.8 Å². The number of benzene rings is 2. The summed E-state index contributed by atoms with van der Waals surface area (Å²) in [5, 5.41) is 2.47. The van der Waals surface area contributed by atoms with Crippen molar-refractivity contribution in [3.63, 3.8) is 0 Å². The highest BCUT2D eigenvalue weighted by atomic mass is 32.2. The van der Waals surface area contributed by atoms with Crippen LogP contribution in [0.3, 0.4) is 0 Å². The zero-order valence-corrected chi connectivity index (χ0v) is 21.1. The van der Waals surface area contributed by atoms with Crippen LogP contribution in [0.15, 0.2) is 47.4 Å². The summed E-state index contributed by atoms with van der Waals surface area (Å²) in [6, 6.07) is 7.04. The number of alkyl halides is 3. The number of piperidine rings is 1. The Balaban J connectivity index is 1.22. The van der Waals surface area contributed by atoms with Crippen molar-refractivity contribution in [2.45, 2.75) is 73.0 Å². The molecule has 2 amide bonds. The number of sulfone groups is 1. The molecule has 3 saturated carbocycles. The van der Waals surface area contributed by atoms with Gasteiger partial charge in [-0.2, -0.15) is 13.2 Å². The maximum atomic E-state index is 14.3. The molecule has 4 atom stereocenters. The fourth-order valence-electron chi connectivity index (χ4n) is 5.62. The van der Waals surface area contributed by atoms with Gasteiger partial charge in [0.15, 0.2) is 9.84 Å². The van der Waals surface area contributed by atoms with Crippen molar-refractivity contribution in [3.8, 4) is 0 Å². The molecule has 4 fully saturated rings. The average Bonchev–Trinajstić information content (AvgIpc) is 3.72. The summed E-state index contributed by atoms with van der Waals surface area (Å²) in [7, 11) is -3.49. The van der Waals surface area contributed by atoms with Gasteiger partial charge in [0.2, 0.25) is 5.91 Å². The van der Waals surface area contributed by atoms with Crippen LogP contribution in [0.25, 0.3) is 0 Å². The van der Waals surface area contributed by atoms with E-state index >= 15 is 0 Å². The van der Waals surface area contributed by atoms with Crippen LogP contribution in [-0.2, 0) is 20.8 Å². The molecule has 11 heteroatoms. The lowest BCUT2D eigenvalue weighted by Gasteiger charge is -2.29. The highest BCUT2D eigenvalue weighted by Crippen LogP contribution is 2.49. The first-order valence-corrected chi connectivity index (χ1v) is 14.3. The summed E-state index contributed by atoms with van der Waals surface area (Å²) in [4.78, 5) is 28.6. The van der Waals surface area contributed by atoms with Gasteiger partial charge in [-0.3, -0.25) is 9.59 Å². The Hall–Kier alpha value is -2.95. The molecule has 0 radical (unpaired) electrons. The van der Waals surface area contributed by atoms with Crippen molar-refractivity contribution in [3.05, 3.63) is 65.0 Å². The zero-order chi connectivity index (χ0) is 27.0. The maximum absolute atomic E-state index is 14.3. The number of likely N-dealkylation sites (tertiary alicyclic amines) is 1. The summed E-state index contributed by atoms with van der Waals surface area (Å²) in [5.74, 6) is -2.12. The molecule has 38 heavy (non-hydrogen) atoms. The van der Waals surface area contributed by atoms with Gasteiger partial charge in [-0.15, -0.1) is 0 Å². The number of carbonyl (C=O) groups excluding carboxylic acids is 2. The lowest BCUT2D eigenvalue weighted by Crippen LogP contribution is -2.49. The molecule has 0 spiro atoms. The number of hydrogen-bond acceptors (Lipinski definition) is 4. The molecule has 4 aliphatic rings. The molecule has 6 rings (SSSR count). The molecule has 1 unspecified atom stereocenters. The van der Waals surface area contributed by atoms with Crippen molar-refractivity contribution in [1.82, 2.24) is 10.2 Å². The van der Waals surface area contributed by atoms with Gasteiger partial charge in [-0.25, -0.2) is 12.8 Å². The minimum absolute atomic E-state index is 0.0283. The Morgan fingerprint density at radius 1 is 1.00 bits per heavy atom. The van der Waals surface area contributed by atoms with Crippen molar-refractivity contribution in [2.24, 2.45) is 11.8 Å². The summed E-state index contributed by atoms with van der Waals surface area (Å²) in [6.07, 6.45) is -0.926. The first kappa shape index (κ1) is 25.3. The average molecular weight is 551 g/mol. The molecule has 202 valence electrons. The second-order valence-corrected chi connectivity index (χ2v) is 13.1. The molecule has 2 aromatic rings. The van der Waals surface area contributed by atoms with Crippen LogP contribution in [0.2, 0.25) is 0 Å². The van der Waals surface area contributed by atoms with Gasteiger partial charge in [0.1, 0.15) is 11.9 Å². The first-order valence-electron chi connectivity index (χ1n) is 12.8. The van der Waals surface area contributed by atoms with Crippen molar-refractivity contribution in [2.75, 3.05) is 0 Å². The minimum Gasteiger partial charge on any atom is -0.347 e. The summed E-state index contributed by atoms with van der Waals surface area (Å²) in [6.45, 7) is 0. The van der Waals surface area contributed by atoms with E-state index in [9.17, 15) is 35.6 Å². The van der Waals surface area contributed by atoms with Crippen LogP contribution in [0, 0.1) is 17.7 Å². The normalized spacial score (nSPS) is 25.6. The Morgan fingerprint density at radius 2 is 1.74 bits per heavy atom. The van der Waals surface area contributed by atoms with Crippen LogP contribution >= 0.6 is 0 Å². The van der Waals surface area contributed by atoms with E-state index in [0.29, 0.717) is 25.3 Å². The predicted octanol–water partition coefficient (Wildman–Crippen LogP) is 4.65. The standard InChI is InChI=1S/C27H26F4N2O4S/c28-21-11-15(6-9-20(21)27(29,30)31)24(14-4-5-14)32-25(34)23-13-17-12-22(17)33(23)26(35)16-2-1-3-19(10-16)38(36,37)18-7-8-18/h1-3,6,9-11,14,17-18,22-24H,4-5,7-8,12-13H2,(H,32,34)/t17-,22-,23-,24?/m1/s1. The van der Waals surface area contributed by atoms with Crippen LogP contribution in [0.4, 0.5) is 17.6 Å². The minimum atomic E-state index is -4.82. The SMILES string of the molecule is O=C(NC(c1ccc(C(F)(F)F)c(F)c1)C1CC1)[C@H]1C[C@H]2C[C@H]2N1C(=O)c1cccc(S(=O)(=O)C2CC2)c1. The molecule has 0 bridgehead atoms. The summed E-state index contributed by atoms with van der Waals surface area (Å²) < 4.78 is 78.7. The van der Waals surface area contributed by atoms with Crippen molar-refractivity contribution in [1.29, 1.82) is 0 Å². The second kappa shape index (κ2) is 8.79. The van der Waals surface area contributed by atoms with E-state index in [2.05, 4.69) is 5.32 Å². The third kappa shape index (κ3) is 4.58. The molecule has 2 aromatic carbocycles.